The van der Waals surface area contributed by atoms with Crippen LogP contribution >= 0.6 is 0 Å². The Balaban J connectivity index is 1.85. The second-order valence-corrected chi connectivity index (χ2v) is 5.38. The van der Waals surface area contributed by atoms with Gasteiger partial charge in [-0.25, -0.2) is 0 Å². The van der Waals surface area contributed by atoms with Crippen LogP contribution in [0.1, 0.15) is 13.3 Å². The molecule has 2 N–H and O–H groups in total. The number of nitrogens with two attached hydrogens (primary N) is 1. The van der Waals surface area contributed by atoms with E-state index in [9.17, 15) is 14.4 Å². The van der Waals surface area contributed by atoms with Crippen LogP contribution in [0, 0.1) is 0 Å². The third-order valence-electron chi connectivity index (χ3n) is 3.79. The summed E-state index contributed by atoms with van der Waals surface area (Å²) >= 11 is 0. The number of rotatable bonds is 5. The lowest BCUT2D eigenvalue weighted by molar-refractivity contribution is -0.146. The number of piperazine rings is 1. The molecule has 1 fully saturated rings. The van der Waals surface area contributed by atoms with Crippen molar-refractivity contribution in [2.24, 2.45) is 5.73 Å². The van der Waals surface area contributed by atoms with E-state index >= 15 is 0 Å². The van der Waals surface area contributed by atoms with Crippen LogP contribution in [-0.4, -0.2) is 59.8 Å². The number of amides is 3. The van der Waals surface area contributed by atoms with Crippen LogP contribution in [0.4, 0.5) is 0 Å². The van der Waals surface area contributed by atoms with Gasteiger partial charge in [0, 0.05) is 20.0 Å². The third-order valence-corrected chi connectivity index (χ3v) is 3.79. The van der Waals surface area contributed by atoms with Crippen molar-refractivity contribution in [3.8, 4) is 5.75 Å². The lowest BCUT2D eigenvalue weighted by Crippen LogP contribution is -2.60. The van der Waals surface area contributed by atoms with E-state index in [1.54, 1.807) is 4.90 Å². The van der Waals surface area contributed by atoms with Crippen molar-refractivity contribution in [2.45, 2.75) is 19.4 Å². The van der Waals surface area contributed by atoms with Crippen molar-refractivity contribution >= 4 is 17.7 Å². The molecule has 1 aliphatic rings. The first kappa shape index (κ1) is 16.8. The molecular formula is C16H21N3O4. The maximum Gasteiger partial charge on any atom is 0.242 e. The molecule has 1 saturated heterocycles. The third kappa shape index (κ3) is 4.45. The number of primary amides is 1. The van der Waals surface area contributed by atoms with Gasteiger partial charge in [0.1, 0.15) is 11.8 Å². The topological polar surface area (TPSA) is 92.9 Å². The van der Waals surface area contributed by atoms with E-state index in [1.165, 1.54) is 11.8 Å². The second-order valence-electron chi connectivity index (χ2n) is 5.38. The number of ether oxygens (including phenoxy) is 1. The summed E-state index contributed by atoms with van der Waals surface area (Å²) in [7, 11) is 0. The van der Waals surface area contributed by atoms with Gasteiger partial charge in [-0.3, -0.25) is 14.4 Å². The van der Waals surface area contributed by atoms with Gasteiger partial charge in [0.15, 0.2) is 0 Å². The number of para-hydroxylation sites is 1. The first-order valence-corrected chi connectivity index (χ1v) is 7.51. The van der Waals surface area contributed by atoms with Crippen molar-refractivity contribution in [2.75, 3.05) is 26.2 Å². The molecule has 23 heavy (non-hydrogen) atoms. The van der Waals surface area contributed by atoms with Crippen LogP contribution in [0.25, 0.3) is 0 Å². The molecule has 0 spiro atoms. The summed E-state index contributed by atoms with van der Waals surface area (Å²) in [5.41, 5.74) is 5.34. The van der Waals surface area contributed by atoms with Crippen LogP contribution in [0.5, 0.6) is 5.75 Å². The molecular weight excluding hydrogens is 298 g/mol. The lowest BCUT2D eigenvalue weighted by atomic mass is 10.1. The van der Waals surface area contributed by atoms with Crippen molar-refractivity contribution in [3.05, 3.63) is 30.3 Å². The zero-order valence-electron chi connectivity index (χ0n) is 13.1. The Morgan fingerprint density at radius 3 is 2.52 bits per heavy atom. The van der Waals surface area contributed by atoms with E-state index in [1.807, 2.05) is 30.3 Å². The van der Waals surface area contributed by atoms with Crippen LogP contribution in [0.15, 0.2) is 30.3 Å². The highest BCUT2D eigenvalue weighted by atomic mass is 16.5. The molecule has 1 aliphatic heterocycles. The van der Waals surface area contributed by atoms with Gasteiger partial charge in [-0.2, -0.15) is 0 Å². The van der Waals surface area contributed by atoms with E-state index in [2.05, 4.69) is 0 Å². The summed E-state index contributed by atoms with van der Waals surface area (Å²) in [5.74, 6) is -0.223. The maximum atomic E-state index is 12.2. The fourth-order valence-corrected chi connectivity index (χ4v) is 2.56. The first-order chi connectivity index (χ1) is 11.0. The Kier molecular flexibility index (Phi) is 5.56. The van der Waals surface area contributed by atoms with Crippen molar-refractivity contribution in [3.63, 3.8) is 0 Å². The van der Waals surface area contributed by atoms with Crippen LogP contribution in [0.2, 0.25) is 0 Å². The summed E-state index contributed by atoms with van der Waals surface area (Å²) in [4.78, 5) is 38.2. The molecule has 124 valence electrons. The Morgan fingerprint density at radius 2 is 1.91 bits per heavy atom. The largest absolute Gasteiger partial charge is 0.493 e. The summed E-state index contributed by atoms with van der Waals surface area (Å²) in [6, 6.07) is 8.47. The molecule has 0 aromatic heterocycles. The number of benzene rings is 1. The SMILES string of the molecule is CC(=O)N1CCN(C(=O)CCOc2ccccc2)C[C@@H]1C(N)=O. The number of carbonyl (C=O) groups excluding carboxylic acids is 3. The molecule has 0 saturated carbocycles. The Labute approximate surface area is 135 Å². The van der Waals surface area contributed by atoms with Crippen LogP contribution in [0.3, 0.4) is 0 Å². The molecule has 1 aromatic carbocycles. The van der Waals surface area contributed by atoms with Gasteiger partial charge in [-0.15, -0.1) is 0 Å². The molecule has 1 atom stereocenters. The maximum absolute atomic E-state index is 12.2. The van der Waals surface area contributed by atoms with E-state index in [0.29, 0.717) is 18.8 Å². The molecule has 0 aliphatic carbocycles. The molecule has 1 heterocycles. The lowest BCUT2D eigenvalue weighted by Gasteiger charge is -2.39. The average molecular weight is 319 g/mol. The summed E-state index contributed by atoms with van der Waals surface area (Å²) < 4.78 is 5.50. The van der Waals surface area contributed by atoms with Gasteiger partial charge in [-0.1, -0.05) is 18.2 Å². The highest BCUT2D eigenvalue weighted by Gasteiger charge is 2.34. The standard InChI is InChI=1S/C16H21N3O4/c1-12(20)19-9-8-18(11-14(19)16(17)22)15(21)7-10-23-13-5-3-2-4-6-13/h2-6,14H,7-11H2,1H3,(H2,17,22)/t14-/m1/s1. The number of hydrogen-bond acceptors (Lipinski definition) is 4. The minimum atomic E-state index is -0.764. The van der Waals surface area contributed by atoms with E-state index in [0.717, 1.165) is 0 Å². The number of nitrogens with zero attached hydrogens (tertiary/aromatic N) is 2. The molecule has 2 rings (SSSR count). The smallest absolute Gasteiger partial charge is 0.242 e. The predicted octanol–water partition coefficient (Wildman–Crippen LogP) is 0.000100. The van der Waals surface area contributed by atoms with E-state index < -0.39 is 11.9 Å². The molecule has 7 nitrogen and oxygen atoms in total. The summed E-state index contributed by atoms with van der Waals surface area (Å²) in [5, 5.41) is 0. The highest BCUT2D eigenvalue weighted by Crippen LogP contribution is 2.12. The minimum absolute atomic E-state index is 0.115. The average Bonchev–Trinajstić information content (AvgIpc) is 2.55. The minimum Gasteiger partial charge on any atom is -0.493 e. The zero-order valence-corrected chi connectivity index (χ0v) is 13.1. The van der Waals surface area contributed by atoms with Crippen molar-refractivity contribution in [1.29, 1.82) is 0 Å². The van der Waals surface area contributed by atoms with E-state index in [4.69, 9.17) is 10.5 Å². The van der Waals surface area contributed by atoms with Crippen LogP contribution in [-0.2, 0) is 14.4 Å². The van der Waals surface area contributed by atoms with Gasteiger partial charge in [0.25, 0.3) is 0 Å². The van der Waals surface area contributed by atoms with Crippen molar-refractivity contribution < 1.29 is 19.1 Å². The fraction of sp³-hybridized carbons (Fsp3) is 0.438. The molecule has 3 amide bonds. The van der Waals surface area contributed by atoms with Crippen LogP contribution < -0.4 is 10.5 Å². The summed E-state index contributed by atoms with van der Waals surface area (Å²) in [6.07, 6.45) is 0.209. The van der Waals surface area contributed by atoms with Gasteiger partial charge in [-0.05, 0) is 12.1 Å². The molecule has 0 bridgehead atoms. The monoisotopic (exact) mass is 319 g/mol. The van der Waals surface area contributed by atoms with Crippen molar-refractivity contribution in [1.82, 2.24) is 9.80 Å². The summed E-state index contributed by atoms with van der Waals surface area (Å²) in [6.45, 7) is 2.50. The molecule has 1 aromatic rings. The second kappa shape index (κ2) is 7.62. The Hall–Kier alpha value is -2.57. The molecule has 0 radical (unpaired) electrons. The Morgan fingerprint density at radius 1 is 1.22 bits per heavy atom. The number of carbonyl (C=O) groups is 3. The van der Waals surface area contributed by atoms with Gasteiger partial charge in [0.2, 0.25) is 17.7 Å². The van der Waals surface area contributed by atoms with Gasteiger partial charge in [0.05, 0.1) is 19.6 Å². The molecule has 7 heteroatoms. The fourth-order valence-electron chi connectivity index (χ4n) is 2.56. The molecule has 0 unspecified atom stereocenters. The first-order valence-electron chi connectivity index (χ1n) is 7.51. The van der Waals surface area contributed by atoms with Gasteiger partial charge < -0.3 is 20.3 Å². The highest BCUT2D eigenvalue weighted by molar-refractivity contribution is 5.87. The van der Waals surface area contributed by atoms with Gasteiger partial charge >= 0.3 is 0 Å². The quantitative estimate of drug-likeness (QED) is 0.827. The van der Waals surface area contributed by atoms with E-state index in [-0.39, 0.29) is 31.4 Å². The zero-order chi connectivity index (χ0) is 16.8. The number of hydrogen-bond donors (Lipinski definition) is 1. The normalized spacial score (nSPS) is 17.7. The predicted molar refractivity (Wildman–Crippen MR) is 83.5 cm³/mol. The Bertz CT molecular complexity index is 576.